The predicted molar refractivity (Wildman–Crippen MR) is 92.5 cm³/mol. The smallest absolute Gasteiger partial charge is 0.341 e. The van der Waals surface area contributed by atoms with E-state index in [1.54, 1.807) is 0 Å². The molecular weight excluding hydrogens is 350 g/mol. The number of hydrogen-bond acceptors (Lipinski definition) is 6. The number of nitrogens with one attached hydrogen (secondary N) is 1. The molecule has 0 unspecified atom stereocenters. The summed E-state index contributed by atoms with van der Waals surface area (Å²) in [6.07, 6.45) is -1.19. The fourth-order valence-electron chi connectivity index (χ4n) is 1.97. The number of nitrogens with zero attached hydrogens (tertiary/aromatic N) is 1. The van der Waals surface area contributed by atoms with Crippen LogP contribution < -0.4 is 11.1 Å². The molecule has 2 aromatic rings. The lowest BCUT2D eigenvalue weighted by Crippen LogP contribution is -2.30. The van der Waals surface area contributed by atoms with Crippen molar-refractivity contribution in [2.24, 2.45) is 0 Å². The Morgan fingerprint density at radius 3 is 2.60 bits per heavy atom. The molecule has 0 saturated carbocycles. The molecule has 0 heterocycles. The number of halogens is 1. The number of esters is 1. The van der Waals surface area contributed by atoms with E-state index in [0.29, 0.717) is 5.02 Å². The van der Waals surface area contributed by atoms with Crippen LogP contribution in [0.4, 0.5) is 17.1 Å². The van der Waals surface area contributed by atoms with E-state index in [4.69, 9.17) is 22.1 Å². The molecule has 3 N–H and O–H groups in total. The van der Waals surface area contributed by atoms with Crippen LogP contribution in [0.2, 0.25) is 5.02 Å². The van der Waals surface area contributed by atoms with E-state index in [0.717, 1.165) is 0 Å². The summed E-state index contributed by atoms with van der Waals surface area (Å²) in [4.78, 5) is 34.5. The Hall–Kier alpha value is -3.13. The average molecular weight is 364 g/mol. The SMILES string of the molecule is C[C@H](OC(=O)c1ccc(Cl)cc1N)C(=O)Nc1ccccc1[N+](=O)[O-]. The van der Waals surface area contributed by atoms with Crippen molar-refractivity contribution in [3.05, 3.63) is 63.2 Å². The first kappa shape index (κ1) is 18.2. The van der Waals surface area contributed by atoms with E-state index in [-0.39, 0.29) is 22.6 Å². The standard InChI is InChI=1S/C16H14ClN3O5/c1-9(25-16(22)11-7-6-10(17)8-12(11)18)15(21)19-13-4-2-3-5-14(13)20(23)24/h2-9H,18H2,1H3,(H,19,21)/t9-/m0/s1. The molecule has 0 aliphatic heterocycles. The summed E-state index contributed by atoms with van der Waals surface area (Å²) in [5.74, 6) is -1.52. The van der Waals surface area contributed by atoms with Crippen molar-refractivity contribution in [1.82, 2.24) is 0 Å². The highest BCUT2D eigenvalue weighted by atomic mass is 35.5. The van der Waals surface area contributed by atoms with Gasteiger partial charge in [0, 0.05) is 16.8 Å². The molecule has 8 nitrogen and oxygen atoms in total. The second-order valence-corrected chi connectivity index (χ2v) is 5.48. The first-order chi connectivity index (χ1) is 11.8. The maximum absolute atomic E-state index is 12.1. The third-order valence-corrected chi connectivity index (χ3v) is 3.48. The number of nitrogen functional groups attached to an aromatic ring is 1. The van der Waals surface area contributed by atoms with Gasteiger partial charge in [0.2, 0.25) is 0 Å². The van der Waals surface area contributed by atoms with E-state index < -0.39 is 22.9 Å². The number of nitrogens with two attached hydrogens (primary N) is 1. The molecule has 0 aliphatic carbocycles. The summed E-state index contributed by atoms with van der Waals surface area (Å²) >= 11 is 5.76. The van der Waals surface area contributed by atoms with Crippen molar-refractivity contribution < 1.29 is 19.2 Å². The van der Waals surface area contributed by atoms with E-state index >= 15 is 0 Å². The molecule has 2 rings (SSSR count). The zero-order chi connectivity index (χ0) is 18.6. The lowest BCUT2D eigenvalue weighted by molar-refractivity contribution is -0.383. The summed E-state index contributed by atoms with van der Waals surface area (Å²) in [5, 5.41) is 13.7. The molecule has 1 atom stereocenters. The molecule has 9 heteroatoms. The van der Waals surface area contributed by atoms with Crippen molar-refractivity contribution >= 4 is 40.5 Å². The molecule has 25 heavy (non-hydrogen) atoms. The highest BCUT2D eigenvalue weighted by molar-refractivity contribution is 6.31. The Labute approximate surface area is 147 Å². The van der Waals surface area contributed by atoms with Crippen LogP contribution in [0.1, 0.15) is 17.3 Å². The van der Waals surface area contributed by atoms with Crippen LogP contribution in [-0.4, -0.2) is 22.9 Å². The van der Waals surface area contributed by atoms with Crippen molar-refractivity contribution in [3.8, 4) is 0 Å². The molecule has 130 valence electrons. The van der Waals surface area contributed by atoms with Crippen molar-refractivity contribution in [2.45, 2.75) is 13.0 Å². The number of rotatable bonds is 5. The monoisotopic (exact) mass is 363 g/mol. The average Bonchev–Trinajstić information content (AvgIpc) is 2.54. The first-order valence-corrected chi connectivity index (χ1v) is 7.47. The van der Waals surface area contributed by atoms with Crippen LogP contribution in [-0.2, 0) is 9.53 Å². The summed E-state index contributed by atoms with van der Waals surface area (Å²) in [7, 11) is 0. The molecule has 2 aromatic carbocycles. The predicted octanol–water partition coefficient (Wildman–Crippen LogP) is 3.01. The molecule has 0 aromatic heterocycles. The van der Waals surface area contributed by atoms with Crippen LogP contribution in [0.25, 0.3) is 0 Å². The van der Waals surface area contributed by atoms with Crippen molar-refractivity contribution in [2.75, 3.05) is 11.1 Å². The van der Waals surface area contributed by atoms with Gasteiger partial charge in [-0.3, -0.25) is 14.9 Å². The Morgan fingerprint density at radius 1 is 1.28 bits per heavy atom. The molecule has 0 spiro atoms. The summed E-state index contributed by atoms with van der Waals surface area (Å²) in [5.41, 5.74) is 5.61. The topological polar surface area (TPSA) is 125 Å². The zero-order valence-electron chi connectivity index (χ0n) is 13.1. The summed E-state index contributed by atoms with van der Waals surface area (Å²) < 4.78 is 5.05. The Kier molecular flexibility index (Phi) is 5.56. The van der Waals surface area contributed by atoms with Gasteiger partial charge in [-0.25, -0.2) is 4.79 Å². The number of nitro groups is 1. The second-order valence-electron chi connectivity index (χ2n) is 5.04. The second kappa shape index (κ2) is 7.63. The Balaban J connectivity index is 2.08. The van der Waals surface area contributed by atoms with Gasteiger partial charge < -0.3 is 15.8 Å². The van der Waals surface area contributed by atoms with Gasteiger partial charge in [-0.1, -0.05) is 23.7 Å². The Bertz CT molecular complexity index is 840. The minimum atomic E-state index is -1.19. The van der Waals surface area contributed by atoms with E-state index in [1.807, 2.05) is 0 Å². The van der Waals surface area contributed by atoms with Crippen LogP contribution in [0.5, 0.6) is 0 Å². The van der Waals surface area contributed by atoms with Crippen LogP contribution in [0, 0.1) is 10.1 Å². The number of benzene rings is 2. The van der Waals surface area contributed by atoms with Crippen molar-refractivity contribution in [3.63, 3.8) is 0 Å². The van der Waals surface area contributed by atoms with Gasteiger partial charge in [-0.15, -0.1) is 0 Å². The van der Waals surface area contributed by atoms with Gasteiger partial charge in [0.15, 0.2) is 6.10 Å². The zero-order valence-corrected chi connectivity index (χ0v) is 13.8. The number of amides is 1. The van der Waals surface area contributed by atoms with Gasteiger partial charge in [0.1, 0.15) is 5.69 Å². The number of nitro benzene ring substituents is 1. The van der Waals surface area contributed by atoms with Gasteiger partial charge in [0.05, 0.1) is 10.5 Å². The van der Waals surface area contributed by atoms with Gasteiger partial charge in [-0.2, -0.15) is 0 Å². The van der Waals surface area contributed by atoms with E-state index in [9.17, 15) is 19.7 Å². The van der Waals surface area contributed by atoms with Gasteiger partial charge >= 0.3 is 5.97 Å². The number of hydrogen-bond donors (Lipinski definition) is 2. The molecule has 0 bridgehead atoms. The summed E-state index contributed by atoms with van der Waals surface area (Å²) in [6, 6.07) is 9.87. The molecule has 0 radical (unpaired) electrons. The normalized spacial score (nSPS) is 11.4. The first-order valence-electron chi connectivity index (χ1n) is 7.10. The molecule has 0 aliphatic rings. The fraction of sp³-hybridized carbons (Fsp3) is 0.125. The van der Waals surface area contributed by atoms with Crippen LogP contribution >= 0.6 is 11.6 Å². The molecule has 1 amide bonds. The Morgan fingerprint density at radius 2 is 1.96 bits per heavy atom. The minimum absolute atomic E-state index is 0.00593. The number of carbonyl (C=O) groups is 2. The number of ether oxygens (including phenoxy) is 1. The largest absolute Gasteiger partial charge is 0.449 e. The van der Waals surface area contributed by atoms with E-state index in [2.05, 4.69) is 5.32 Å². The third-order valence-electron chi connectivity index (χ3n) is 3.25. The van der Waals surface area contributed by atoms with Crippen molar-refractivity contribution in [1.29, 1.82) is 0 Å². The third kappa shape index (κ3) is 4.45. The van der Waals surface area contributed by atoms with Crippen LogP contribution in [0.15, 0.2) is 42.5 Å². The molecule has 0 saturated heterocycles. The number of anilines is 2. The maximum Gasteiger partial charge on any atom is 0.341 e. The molecular formula is C16H14ClN3O5. The van der Waals surface area contributed by atoms with E-state index in [1.165, 1.54) is 49.4 Å². The molecule has 0 fully saturated rings. The maximum atomic E-state index is 12.1. The quantitative estimate of drug-likeness (QED) is 0.364. The number of carbonyl (C=O) groups excluding carboxylic acids is 2. The minimum Gasteiger partial charge on any atom is -0.449 e. The highest BCUT2D eigenvalue weighted by Crippen LogP contribution is 2.24. The summed E-state index contributed by atoms with van der Waals surface area (Å²) in [6.45, 7) is 1.34. The fourth-order valence-corrected chi connectivity index (χ4v) is 2.15. The number of para-hydroxylation sites is 2. The van der Waals surface area contributed by atoms with Gasteiger partial charge in [-0.05, 0) is 31.2 Å². The lowest BCUT2D eigenvalue weighted by Gasteiger charge is -2.14. The lowest BCUT2D eigenvalue weighted by atomic mass is 10.2. The van der Waals surface area contributed by atoms with Gasteiger partial charge in [0.25, 0.3) is 11.6 Å². The van der Waals surface area contributed by atoms with Crippen LogP contribution in [0.3, 0.4) is 0 Å². The highest BCUT2D eigenvalue weighted by Gasteiger charge is 2.23.